The second-order valence-electron chi connectivity index (χ2n) is 3.65. The molecule has 0 atom stereocenters. The van der Waals surface area contributed by atoms with Crippen molar-refractivity contribution in [3.63, 3.8) is 0 Å². The molecule has 1 heterocycles. The van der Waals surface area contributed by atoms with E-state index in [9.17, 15) is 0 Å². The summed E-state index contributed by atoms with van der Waals surface area (Å²) in [7, 11) is 0. The third kappa shape index (κ3) is 2.56. The highest BCUT2D eigenvalue weighted by Crippen LogP contribution is 2.21. The normalized spacial score (nSPS) is 15.9. The minimum atomic E-state index is 0.523. The van der Waals surface area contributed by atoms with Gasteiger partial charge in [0.2, 0.25) is 0 Å². The van der Waals surface area contributed by atoms with E-state index >= 15 is 0 Å². The van der Waals surface area contributed by atoms with Gasteiger partial charge in [-0.1, -0.05) is 12.8 Å². The average molecular weight is 203 g/mol. The van der Waals surface area contributed by atoms with Crippen LogP contribution in [-0.2, 0) is 0 Å². The fourth-order valence-electron chi connectivity index (χ4n) is 1.84. The van der Waals surface area contributed by atoms with Crippen molar-refractivity contribution in [2.45, 2.75) is 31.7 Å². The summed E-state index contributed by atoms with van der Waals surface area (Å²) in [4.78, 5) is 8.03. The number of nitrogens with one attached hydrogen (secondary N) is 2. The van der Waals surface area contributed by atoms with Crippen molar-refractivity contribution in [3.05, 3.63) is 12.4 Å². The van der Waals surface area contributed by atoms with E-state index < -0.39 is 0 Å². The lowest BCUT2D eigenvalue weighted by molar-refractivity contribution is 0.750. The Morgan fingerprint density at radius 1 is 1.27 bits per heavy atom. The maximum absolute atomic E-state index is 8.45. The molecule has 78 valence electrons. The van der Waals surface area contributed by atoms with Gasteiger partial charge in [-0.05, 0) is 12.8 Å². The van der Waals surface area contributed by atoms with Gasteiger partial charge in [0.15, 0.2) is 6.19 Å². The van der Waals surface area contributed by atoms with Gasteiger partial charge in [-0.25, -0.2) is 9.97 Å². The summed E-state index contributed by atoms with van der Waals surface area (Å²) in [6.45, 7) is 0. The van der Waals surface area contributed by atoms with Crippen molar-refractivity contribution >= 4 is 11.6 Å². The third-order valence-corrected chi connectivity index (χ3v) is 2.56. The Labute approximate surface area is 88.5 Å². The molecule has 0 saturated heterocycles. The standard InChI is InChI=1S/C10H13N5/c11-6-12-9-5-10(14-7-13-9)15-8-3-1-2-4-8/h5,7-8H,1-4H2,(H2,12,13,14,15). The van der Waals surface area contributed by atoms with Crippen LogP contribution in [0.3, 0.4) is 0 Å². The van der Waals surface area contributed by atoms with E-state index in [0.29, 0.717) is 11.9 Å². The molecule has 1 saturated carbocycles. The predicted octanol–water partition coefficient (Wildman–Crippen LogP) is 1.72. The third-order valence-electron chi connectivity index (χ3n) is 2.56. The van der Waals surface area contributed by atoms with Gasteiger partial charge in [0.1, 0.15) is 18.0 Å². The van der Waals surface area contributed by atoms with Crippen LogP contribution in [0.2, 0.25) is 0 Å². The number of hydrogen-bond acceptors (Lipinski definition) is 5. The molecule has 0 bridgehead atoms. The first kappa shape index (κ1) is 9.71. The van der Waals surface area contributed by atoms with Crippen LogP contribution in [-0.4, -0.2) is 16.0 Å². The summed E-state index contributed by atoms with van der Waals surface area (Å²) in [5.41, 5.74) is 0. The molecule has 0 amide bonds. The number of rotatable bonds is 3. The van der Waals surface area contributed by atoms with Crippen LogP contribution in [0.4, 0.5) is 11.6 Å². The Kier molecular flexibility index (Phi) is 2.98. The van der Waals surface area contributed by atoms with Crippen LogP contribution < -0.4 is 10.6 Å². The van der Waals surface area contributed by atoms with Crippen LogP contribution in [0.5, 0.6) is 0 Å². The summed E-state index contributed by atoms with van der Waals surface area (Å²) in [6.07, 6.45) is 8.26. The molecule has 0 spiro atoms. The molecular formula is C10H13N5. The highest BCUT2D eigenvalue weighted by atomic mass is 15.1. The molecule has 2 rings (SSSR count). The van der Waals surface area contributed by atoms with Crippen molar-refractivity contribution in [1.29, 1.82) is 5.26 Å². The largest absolute Gasteiger partial charge is 0.367 e. The van der Waals surface area contributed by atoms with Gasteiger partial charge in [0.05, 0.1) is 0 Å². The van der Waals surface area contributed by atoms with Gasteiger partial charge in [0.25, 0.3) is 0 Å². The molecule has 15 heavy (non-hydrogen) atoms. The zero-order valence-corrected chi connectivity index (χ0v) is 8.40. The second-order valence-corrected chi connectivity index (χ2v) is 3.65. The van der Waals surface area contributed by atoms with Gasteiger partial charge in [-0.15, -0.1) is 0 Å². The second kappa shape index (κ2) is 4.60. The minimum absolute atomic E-state index is 0.523. The van der Waals surface area contributed by atoms with Gasteiger partial charge < -0.3 is 5.32 Å². The van der Waals surface area contributed by atoms with Crippen LogP contribution in [0.25, 0.3) is 0 Å². The van der Waals surface area contributed by atoms with E-state index in [-0.39, 0.29) is 0 Å². The van der Waals surface area contributed by atoms with Crippen molar-refractivity contribution in [3.8, 4) is 6.19 Å². The molecule has 1 fully saturated rings. The first-order chi connectivity index (χ1) is 7.38. The van der Waals surface area contributed by atoms with Crippen LogP contribution in [0.15, 0.2) is 12.4 Å². The topological polar surface area (TPSA) is 73.6 Å². The predicted molar refractivity (Wildman–Crippen MR) is 57.1 cm³/mol. The fraction of sp³-hybridized carbons (Fsp3) is 0.500. The summed E-state index contributed by atoms with van der Waals surface area (Å²) >= 11 is 0. The highest BCUT2D eigenvalue weighted by Gasteiger charge is 2.14. The lowest BCUT2D eigenvalue weighted by atomic mass is 10.2. The maximum atomic E-state index is 8.45. The van der Waals surface area contributed by atoms with Crippen molar-refractivity contribution in [1.82, 2.24) is 9.97 Å². The van der Waals surface area contributed by atoms with Gasteiger partial charge in [0, 0.05) is 12.1 Å². The number of nitrogens with zero attached hydrogens (tertiary/aromatic N) is 3. The summed E-state index contributed by atoms with van der Waals surface area (Å²) < 4.78 is 0. The number of nitriles is 1. The Morgan fingerprint density at radius 2 is 2.00 bits per heavy atom. The summed E-state index contributed by atoms with van der Waals surface area (Å²) in [6, 6.07) is 2.27. The molecule has 0 aromatic carbocycles. The molecule has 0 aliphatic heterocycles. The molecule has 1 aliphatic carbocycles. The van der Waals surface area contributed by atoms with Crippen molar-refractivity contribution in [2.24, 2.45) is 0 Å². The summed E-state index contributed by atoms with van der Waals surface area (Å²) in [5.74, 6) is 1.32. The molecule has 1 aliphatic rings. The summed E-state index contributed by atoms with van der Waals surface area (Å²) in [5, 5.41) is 14.3. The van der Waals surface area contributed by atoms with E-state index in [4.69, 9.17) is 5.26 Å². The van der Waals surface area contributed by atoms with E-state index in [1.165, 1.54) is 32.0 Å². The number of hydrogen-bond donors (Lipinski definition) is 2. The first-order valence-electron chi connectivity index (χ1n) is 5.12. The van der Waals surface area contributed by atoms with Gasteiger partial charge in [-0.3, -0.25) is 5.32 Å². The molecule has 0 unspecified atom stereocenters. The monoisotopic (exact) mass is 203 g/mol. The molecule has 5 heteroatoms. The smallest absolute Gasteiger partial charge is 0.182 e. The molecule has 5 nitrogen and oxygen atoms in total. The van der Waals surface area contributed by atoms with Crippen LogP contribution >= 0.6 is 0 Å². The zero-order valence-electron chi connectivity index (χ0n) is 8.40. The highest BCUT2D eigenvalue weighted by molar-refractivity contribution is 5.48. The number of anilines is 2. The van der Waals surface area contributed by atoms with Crippen LogP contribution in [0.1, 0.15) is 25.7 Å². The quantitative estimate of drug-likeness (QED) is 0.578. The SMILES string of the molecule is N#CNc1cc(NC2CCCC2)ncn1. The zero-order chi connectivity index (χ0) is 10.5. The number of aromatic nitrogens is 2. The Bertz CT molecular complexity index is 364. The van der Waals surface area contributed by atoms with Gasteiger partial charge >= 0.3 is 0 Å². The van der Waals surface area contributed by atoms with Crippen molar-refractivity contribution < 1.29 is 0 Å². The Hall–Kier alpha value is -1.83. The molecular weight excluding hydrogens is 190 g/mol. The Balaban J connectivity index is 2.01. The lowest BCUT2D eigenvalue weighted by Crippen LogP contribution is -2.15. The van der Waals surface area contributed by atoms with E-state index in [2.05, 4.69) is 20.6 Å². The van der Waals surface area contributed by atoms with Crippen LogP contribution in [0, 0.1) is 11.5 Å². The molecule has 1 aromatic rings. The first-order valence-corrected chi connectivity index (χ1v) is 5.12. The van der Waals surface area contributed by atoms with E-state index in [1.54, 1.807) is 6.07 Å². The molecule has 0 radical (unpaired) electrons. The van der Waals surface area contributed by atoms with Gasteiger partial charge in [-0.2, -0.15) is 5.26 Å². The minimum Gasteiger partial charge on any atom is -0.367 e. The van der Waals surface area contributed by atoms with E-state index in [1.807, 2.05) is 6.19 Å². The fourth-order valence-corrected chi connectivity index (χ4v) is 1.84. The molecule has 2 N–H and O–H groups in total. The lowest BCUT2D eigenvalue weighted by Gasteiger charge is -2.12. The van der Waals surface area contributed by atoms with E-state index in [0.717, 1.165) is 5.82 Å². The average Bonchev–Trinajstić information content (AvgIpc) is 2.71. The molecule has 1 aromatic heterocycles. The van der Waals surface area contributed by atoms with Crippen molar-refractivity contribution in [2.75, 3.05) is 10.6 Å². The Morgan fingerprint density at radius 3 is 2.73 bits per heavy atom. The maximum Gasteiger partial charge on any atom is 0.182 e.